The normalized spacial score (nSPS) is 15.7. The fourth-order valence-electron chi connectivity index (χ4n) is 3.46. The highest BCUT2D eigenvalue weighted by atomic mass is 19.1. The molecule has 1 unspecified atom stereocenters. The fraction of sp³-hybridized carbons (Fsp3) is 0.0870. The monoisotopic (exact) mass is 399 g/mol. The number of hydrogen-bond acceptors (Lipinski definition) is 5. The fourth-order valence-corrected chi connectivity index (χ4v) is 3.46. The zero-order valence-corrected chi connectivity index (χ0v) is 16.2. The first-order chi connectivity index (χ1) is 14.7. The molecule has 0 saturated carbocycles. The molecule has 0 saturated heterocycles. The van der Waals surface area contributed by atoms with Crippen molar-refractivity contribution in [3.8, 4) is 22.5 Å². The maximum Gasteiger partial charge on any atom is 0.212 e. The lowest BCUT2D eigenvalue weighted by atomic mass is 10.1. The molecule has 0 amide bonds. The topological polar surface area (TPSA) is 66.4 Å². The highest BCUT2D eigenvalue weighted by molar-refractivity contribution is 6.10. The van der Waals surface area contributed by atoms with Crippen LogP contribution in [0.4, 0.5) is 10.3 Å². The number of halogens is 1. The molecule has 0 fully saturated rings. The SMILES string of the molecule is CC1ON=C(c2ccccc2)N1c1nc(-c2ccc(F)cc2)c(-c2ccncc2)[nH]1. The molecule has 4 aromatic rings. The van der Waals surface area contributed by atoms with Gasteiger partial charge in [-0.25, -0.2) is 9.37 Å². The zero-order valence-electron chi connectivity index (χ0n) is 16.2. The van der Waals surface area contributed by atoms with Gasteiger partial charge in [0.2, 0.25) is 12.2 Å². The summed E-state index contributed by atoms with van der Waals surface area (Å²) in [4.78, 5) is 19.8. The number of nitrogens with zero attached hydrogens (tertiary/aromatic N) is 4. The van der Waals surface area contributed by atoms with Crippen LogP contribution in [-0.4, -0.2) is 27.0 Å². The molecule has 1 aliphatic heterocycles. The molecule has 0 aliphatic carbocycles. The van der Waals surface area contributed by atoms with Crippen LogP contribution in [0.5, 0.6) is 0 Å². The van der Waals surface area contributed by atoms with Crippen molar-refractivity contribution in [1.82, 2.24) is 15.0 Å². The smallest absolute Gasteiger partial charge is 0.212 e. The van der Waals surface area contributed by atoms with E-state index in [1.165, 1.54) is 12.1 Å². The predicted molar refractivity (Wildman–Crippen MR) is 113 cm³/mol. The molecule has 1 aliphatic rings. The summed E-state index contributed by atoms with van der Waals surface area (Å²) in [5.74, 6) is 0.970. The van der Waals surface area contributed by atoms with E-state index >= 15 is 0 Å². The lowest BCUT2D eigenvalue weighted by molar-refractivity contribution is 0.0999. The average molecular weight is 399 g/mol. The first kappa shape index (κ1) is 18.1. The van der Waals surface area contributed by atoms with Crippen LogP contribution < -0.4 is 4.90 Å². The lowest BCUT2D eigenvalue weighted by Crippen LogP contribution is -2.35. The number of rotatable bonds is 4. The quantitative estimate of drug-likeness (QED) is 0.534. The number of oxime groups is 1. The molecule has 7 heteroatoms. The number of H-pyrrole nitrogens is 1. The van der Waals surface area contributed by atoms with Crippen LogP contribution in [0.25, 0.3) is 22.5 Å². The number of nitrogens with one attached hydrogen (secondary N) is 1. The van der Waals surface area contributed by atoms with Gasteiger partial charge in [0.25, 0.3) is 0 Å². The molecule has 148 valence electrons. The molecule has 0 bridgehead atoms. The van der Waals surface area contributed by atoms with Gasteiger partial charge >= 0.3 is 0 Å². The Hall–Kier alpha value is -4.00. The third kappa shape index (κ3) is 3.20. The number of anilines is 1. The third-order valence-corrected chi connectivity index (χ3v) is 4.92. The standard InChI is InChI=1S/C23H18FN5O/c1-15-29(22(28-30-15)18-5-3-2-4-6-18)23-26-20(16-7-9-19(24)10-8-16)21(27-23)17-11-13-25-14-12-17/h2-15H,1H3,(H,26,27). The molecule has 0 spiro atoms. The molecular weight excluding hydrogens is 381 g/mol. The Kier molecular flexibility index (Phi) is 4.48. The van der Waals surface area contributed by atoms with Gasteiger partial charge in [0.15, 0.2) is 5.84 Å². The Bertz CT molecular complexity index is 1190. The second kappa shape index (κ2) is 7.44. The van der Waals surface area contributed by atoms with Gasteiger partial charge in [-0.2, -0.15) is 0 Å². The van der Waals surface area contributed by atoms with E-state index in [1.54, 1.807) is 24.5 Å². The highest BCUT2D eigenvalue weighted by Crippen LogP contribution is 2.34. The first-order valence-corrected chi connectivity index (χ1v) is 9.55. The van der Waals surface area contributed by atoms with E-state index in [0.29, 0.717) is 17.5 Å². The maximum absolute atomic E-state index is 13.5. The van der Waals surface area contributed by atoms with E-state index in [9.17, 15) is 4.39 Å². The van der Waals surface area contributed by atoms with Crippen molar-refractivity contribution in [2.45, 2.75) is 13.2 Å². The summed E-state index contributed by atoms with van der Waals surface area (Å²) in [6.45, 7) is 1.91. The Labute approximate surface area is 172 Å². The van der Waals surface area contributed by atoms with Crippen LogP contribution in [0.3, 0.4) is 0 Å². The van der Waals surface area contributed by atoms with Crippen LogP contribution in [0, 0.1) is 5.82 Å². The molecule has 5 rings (SSSR count). The van der Waals surface area contributed by atoms with Crippen molar-refractivity contribution in [3.05, 3.63) is 90.5 Å². The van der Waals surface area contributed by atoms with Gasteiger partial charge in [-0.15, -0.1) is 0 Å². The van der Waals surface area contributed by atoms with Crippen molar-refractivity contribution >= 4 is 11.8 Å². The van der Waals surface area contributed by atoms with Gasteiger partial charge in [-0.1, -0.05) is 35.5 Å². The number of aromatic amines is 1. The summed E-state index contributed by atoms with van der Waals surface area (Å²) in [5.41, 5.74) is 4.17. The third-order valence-electron chi connectivity index (χ3n) is 4.92. The van der Waals surface area contributed by atoms with E-state index in [0.717, 1.165) is 22.4 Å². The van der Waals surface area contributed by atoms with E-state index < -0.39 is 0 Å². The summed E-state index contributed by atoms with van der Waals surface area (Å²) in [6, 6.07) is 19.9. The minimum atomic E-state index is -0.335. The van der Waals surface area contributed by atoms with Gasteiger partial charge in [0.05, 0.1) is 11.4 Å². The van der Waals surface area contributed by atoms with Crippen molar-refractivity contribution < 1.29 is 9.23 Å². The number of aromatic nitrogens is 3. The molecule has 1 N–H and O–H groups in total. The first-order valence-electron chi connectivity index (χ1n) is 9.55. The summed E-state index contributed by atoms with van der Waals surface area (Å²) in [7, 11) is 0. The Morgan fingerprint density at radius 3 is 2.37 bits per heavy atom. The van der Waals surface area contributed by atoms with E-state index in [1.807, 2.05) is 54.3 Å². The summed E-state index contributed by atoms with van der Waals surface area (Å²) in [5, 5.41) is 4.26. The number of amidine groups is 1. The molecule has 0 radical (unpaired) electrons. The van der Waals surface area contributed by atoms with Crippen LogP contribution in [0.2, 0.25) is 0 Å². The van der Waals surface area contributed by atoms with Crippen LogP contribution in [0.1, 0.15) is 12.5 Å². The summed E-state index contributed by atoms with van der Waals surface area (Å²) >= 11 is 0. The molecule has 2 aromatic heterocycles. The molecule has 1 atom stereocenters. The minimum Gasteiger partial charge on any atom is -0.368 e. The summed E-state index contributed by atoms with van der Waals surface area (Å²) in [6.07, 6.45) is 3.11. The van der Waals surface area contributed by atoms with Crippen LogP contribution >= 0.6 is 0 Å². The van der Waals surface area contributed by atoms with Crippen molar-refractivity contribution in [2.24, 2.45) is 5.16 Å². The molecule has 30 heavy (non-hydrogen) atoms. The van der Waals surface area contributed by atoms with Gasteiger partial charge in [0, 0.05) is 29.1 Å². The van der Waals surface area contributed by atoms with E-state index in [-0.39, 0.29) is 12.0 Å². The zero-order chi connectivity index (χ0) is 20.5. The molecule has 6 nitrogen and oxygen atoms in total. The van der Waals surface area contributed by atoms with Gasteiger partial charge in [-0.3, -0.25) is 9.88 Å². The number of pyridine rings is 1. The predicted octanol–water partition coefficient (Wildman–Crippen LogP) is 4.82. The minimum absolute atomic E-state index is 0.292. The van der Waals surface area contributed by atoms with Crippen LogP contribution in [-0.2, 0) is 4.84 Å². The largest absolute Gasteiger partial charge is 0.368 e. The number of imidazole rings is 1. The van der Waals surface area contributed by atoms with Gasteiger partial charge < -0.3 is 9.82 Å². The Balaban J connectivity index is 1.64. The average Bonchev–Trinajstić information content (AvgIpc) is 3.39. The second-order valence-electron chi connectivity index (χ2n) is 6.88. The molecule has 2 aromatic carbocycles. The van der Waals surface area contributed by atoms with Crippen molar-refractivity contribution in [3.63, 3.8) is 0 Å². The lowest BCUT2D eigenvalue weighted by Gasteiger charge is -2.19. The number of benzene rings is 2. The van der Waals surface area contributed by atoms with Crippen molar-refractivity contribution in [1.29, 1.82) is 0 Å². The molecular formula is C23H18FN5O. The second-order valence-corrected chi connectivity index (χ2v) is 6.88. The summed E-state index contributed by atoms with van der Waals surface area (Å²) < 4.78 is 13.5. The van der Waals surface area contributed by atoms with Gasteiger partial charge in [0.1, 0.15) is 5.82 Å². The van der Waals surface area contributed by atoms with Crippen LogP contribution in [0.15, 0.2) is 84.3 Å². The number of hydrogen-bond donors (Lipinski definition) is 1. The maximum atomic E-state index is 13.5. The van der Waals surface area contributed by atoms with Crippen molar-refractivity contribution in [2.75, 3.05) is 4.90 Å². The Morgan fingerprint density at radius 2 is 1.63 bits per heavy atom. The van der Waals surface area contributed by atoms with Gasteiger partial charge in [-0.05, 0) is 43.3 Å². The highest BCUT2D eigenvalue weighted by Gasteiger charge is 2.32. The van der Waals surface area contributed by atoms with E-state index in [4.69, 9.17) is 9.82 Å². The Morgan fingerprint density at radius 1 is 0.900 bits per heavy atom. The molecule has 3 heterocycles. The van der Waals surface area contributed by atoms with E-state index in [2.05, 4.69) is 15.1 Å².